The third-order valence-corrected chi connectivity index (χ3v) is 6.19. The van der Waals surface area contributed by atoms with Crippen molar-refractivity contribution in [2.45, 2.75) is 30.8 Å². The summed E-state index contributed by atoms with van der Waals surface area (Å²) in [6.07, 6.45) is 1.83. The van der Waals surface area contributed by atoms with Gasteiger partial charge >= 0.3 is 0 Å². The minimum atomic E-state index is -0.469. The first kappa shape index (κ1) is 17.4. The Hall–Kier alpha value is -2.73. The highest BCUT2D eigenvalue weighted by molar-refractivity contribution is 5.99. The fourth-order valence-corrected chi connectivity index (χ4v) is 4.70. The molecule has 2 aliphatic heterocycles. The molecule has 0 aromatic heterocycles. The van der Waals surface area contributed by atoms with Crippen LogP contribution in [0.15, 0.2) is 48.5 Å². The van der Waals surface area contributed by atoms with E-state index in [9.17, 15) is 19.1 Å². The van der Waals surface area contributed by atoms with Crippen molar-refractivity contribution in [3.05, 3.63) is 65.5 Å². The molecule has 5 rings (SSSR count). The Labute approximate surface area is 162 Å². The molecule has 1 saturated carbocycles. The normalized spacial score (nSPS) is 25.6. The number of nitrogens with zero attached hydrogens (tertiary/aromatic N) is 2. The van der Waals surface area contributed by atoms with E-state index >= 15 is 0 Å². The molecular weight excluding hydrogens is 359 g/mol. The maximum Gasteiger partial charge on any atom is 0.254 e. The van der Waals surface area contributed by atoms with E-state index in [1.54, 1.807) is 15.9 Å². The number of hydrogen-bond donors (Lipinski definition) is 1. The molecular formula is C22H21FN2O3. The third-order valence-electron chi connectivity index (χ3n) is 6.19. The van der Waals surface area contributed by atoms with Crippen LogP contribution in [0.25, 0.3) is 0 Å². The molecule has 1 N–H and O–H groups in total. The number of halogens is 1. The zero-order valence-corrected chi connectivity index (χ0v) is 15.3. The van der Waals surface area contributed by atoms with Crippen LogP contribution in [0, 0.1) is 11.7 Å². The van der Waals surface area contributed by atoms with Crippen LogP contribution in [0.3, 0.4) is 0 Å². The zero-order valence-electron chi connectivity index (χ0n) is 15.3. The summed E-state index contributed by atoms with van der Waals surface area (Å²) in [5.41, 5.74) is 2.14. The van der Waals surface area contributed by atoms with Gasteiger partial charge in [0.1, 0.15) is 5.82 Å². The summed E-state index contributed by atoms with van der Waals surface area (Å²) in [6.45, 7) is 0.238. The second-order valence-electron chi connectivity index (χ2n) is 7.85. The number of fused-ring (bicyclic) bond motifs is 3. The lowest BCUT2D eigenvalue weighted by Gasteiger charge is -2.59. The first-order valence-electron chi connectivity index (χ1n) is 9.69. The van der Waals surface area contributed by atoms with Gasteiger partial charge in [0.2, 0.25) is 5.91 Å². The van der Waals surface area contributed by atoms with E-state index in [2.05, 4.69) is 0 Å². The van der Waals surface area contributed by atoms with Crippen LogP contribution in [0.4, 0.5) is 10.1 Å². The Morgan fingerprint density at radius 2 is 1.89 bits per heavy atom. The first-order valence-corrected chi connectivity index (χ1v) is 9.69. The van der Waals surface area contributed by atoms with Gasteiger partial charge in [0.25, 0.3) is 5.91 Å². The largest absolute Gasteiger partial charge is 0.394 e. The molecule has 2 aromatic carbocycles. The summed E-state index contributed by atoms with van der Waals surface area (Å²) in [5.74, 6) is -0.620. The number of aliphatic hydroxyl groups is 1. The number of hydrogen-bond acceptors (Lipinski definition) is 3. The van der Waals surface area contributed by atoms with E-state index in [-0.39, 0.29) is 47.9 Å². The molecule has 0 radical (unpaired) electrons. The molecule has 1 saturated heterocycles. The van der Waals surface area contributed by atoms with E-state index in [0.717, 1.165) is 24.1 Å². The lowest BCUT2D eigenvalue weighted by Crippen LogP contribution is -2.70. The summed E-state index contributed by atoms with van der Waals surface area (Å²) < 4.78 is 13.6. The Morgan fingerprint density at radius 1 is 1.11 bits per heavy atom. The molecule has 2 fully saturated rings. The number of rotatable bonds is 3. The number of likely N-dealkylation sites (tertiary alicyclic amines) is 1. The van der Waals surface area contributed by atoms with Gasteiger partial charge in [0.05, 0.1) is 18.7 Å². The molecule has 2 amide bonds. The lowest BCUT2D eigenvalue weighted by molar-refractivity contribution is -0.120. The van der Waals surface area contributed by atoms with Gasteiger partial charge in [-0.3, -0.25) is 9.59 Å². The lowest BCUT2D eigenvalue weighted by atomic mass is 9.71. The smallest absolute Gasteiger partial charge is 0.254 e. The zero-order chi connectivity index (χ0) is 19.4. The van der Waals surface area contributed by atoms with Gasteiger partial charge < -0.3 is 14.9 Å². The van der Waals surface area contributed by atoms with E-state index in [1.165, 1.54) is 18.2 Å². The first-order chi connectivity index (χ1) is 13.6. The van der Waals surface area contributed by atoms with Crippen molar-refractivity contribution in [1.29, 1.82) is 0 Å². The second-order valence-corrected chi connectivity index (χ2v) is 7.85. The molecule has 0 unspecified atom stereocenters. The molecule has 6 heteroatoms. The Balaban J connectivity index is 1.52. The molecule has 5 nitrogen and oxygen atoms in total. The number of anilines is 1. The van der Waals surface area contributed by atoms with Gasteiger partial charge in [-0.25, -0.2) is 4.39 Å². The summed E-state index contributed by atoms with van der Waals surface area (Å²) >= 11 is 0. The average Bonchev–Trinajstić information content (AvgIpc) is 3.53. The molecule has 3 aliphatic rings. The summed E-state index contributed by atoms with van der Waals surface area (Å²) in [7, 11) is 0. The number of aliphatic hydroxyl groups excluding tert-OH is 1. The van der Waals surface area contributed by atoms with Crippen LogP contribution < -0.4 is 4.90 Å². The number of carbonyl (C=O) groups excluding carboxylic acids is 2. The monoisotopic (exact) mass is 380 g/mol. The molecule has 2 aromatic rings. The number of para-hydroxylation sites is 1. The topological polar surface area (TPSA) is 60.9 Å². The van der Waals surface area contributed by atoms with Crippen LogP contribution in [-0.4, -0.2) is 47.1 Å². The minimum Gasteiger partial charge on any atom is -0.394 e. The molecule has 28 heavy (non-hydrogen) atoms. The molecule has 2 heterocycles. The van der Waals surface area contributed by atoms with Crippen molar-refractivity contribution in [2.24, 2.45) is 5.92 Å². The van der Waals surface area contributed by atoms with Crippen molar-refractivity contribution < 1.29 is 19.1 Å². The summed E-state index contributed by atoms with van der Waals surface area (Å²) in [6, 6.07) is 12.8. The number of benzene rings is 2. The highest BCUT2D eigenvalue weighted by Gasteiger charge is 2.56. The maximum atomic E-state index is 13.6. The van der Waals surface area contributed by atoms with Crippen molar-refractivity contribution >= 4 is 17.5 Å². The standard InChI is InChI=1S/C22H21FN2O3/c23-15-5-3-4-14(10-15)22(28)25-18-11-24(21(27)13-8-9-13)17-7-2-1-6-16(17)20(18)19(25)12-26/h1-7,10,13,18-20,26H,8-9,11-12H2/t18-,19+,20+/m0/s1. The predicted octanol–water partition coefficient (Wildman–Crippen LogP) is 2.55. The van der Waals surface area contributed by atoms with E-state index in [0.29, 0.717) is 6.54 Å². The number of carbonyl (C=O) groups is 2. The SMILES string of the molecule is O=C(C1CC1)N1C[C@H]2[C@@H](c3ccccc31)[C@@H](CO)N2C(=O)c1cccc(F)c1. The van der Waals surface area contributed by atoms with Crippen molar-refractivity contribution in [3.8, 4) is 0 Å². The van der Waals surface area contributed by atoms with Crippen LogP contribution in [0.1, 0.15) is 34.7 Å². The van der Waals surface area contributed by atoms with Gasteiger partial charge in [-0.1, -0.05) is 24.3 Å². The Bertz CT molecular complexity index is 958. The third kappa shape index (κ3) is 2.55. The molecule has 0 spiro atoms. The highest BCUT2D eigenvalue weighted by Crippen LogP contribution is 2.49. The van der Waals surface area contributed by atoms with Crippen molar-refractivity contribution in [2.75, 3.05) is 18.1 Å². The Kier molecular flexibility index (Phi) is 3.98. The second kappa shape index (κ2) is 6.41. The quantitative estimate of drug-likeness (QED) is 0.890. The van der Waals surface area contributed by atoms with E-state index < -0.39 is 5.82 Å². The van der Waals surface area contributed by atoms with Gasteiger partial charge in [-0.15, -0.1) is 0 Å². The summed E-state index contributed by atoms with van der Waals surface area (Å²) in [5, 5.41) is 10.00. The van der Waals surface area contributed by atoms with Gasteiger partial charge in [-0.05, 0) is 42.7 Å². The van der Waals surface area contributed by atoms with Gasteiger partial charge in [0.15, 0.2) is 0 Å². The van der Waals surface area contributed by atoms with Crippen LogP contribution in [-0.2, 0) is 4.79 Å². The molecule has 3 atom stereocenters. The van der Waals surface area contributed by atoms with Crippen LogP contribution in [0.5, 0.6) is 0 Å². The van der Waals surface area contributed by atoms with Crippen LogP contribution in [0.2, 0.25) is 0 Å². The van der Waals surface area contributed by atoms with Gasteiger partial charge in [0, 0.05) is 29.6 Å². The predicted molar refractivity (Wildman–Crippen MR) is 101 cm³/mol. The minimum absolute atomic E-state index is 0.0260. The maximum absolute atomic E-state index is 13.6. The van der Waals surface area contributed by atoms with E-state index in [4.69, 9.17) is 0 Å². The molecule has 144 valence electrons. The molecule has 0 bridgehead atoms. The van der Waals surface area contributed by atoms with Crippen molar-refractivity contribution in [1.82, 2.24) is 4.90 Å². The highest BCUT2D eigenvalue weighted by atomic mass is 19.1. The molecule has 1 aliphatic carbocycles. The fourth-order valence-electron chi connectivity index (χ4n) is 4.70. The van der Waals surface area contributed by atoms with Crippen LogP contribution >= 0.6 is 0 Å². The van der Waals surface area contributed by atoms with E-state index in [1.807, 2.05) is 24.3 Å². The number of amides is 2. The van der Waals surface area contributed by atoms with Crippen molar-refractivity contribution in [3.63, 3.8) is 0 Å². The fraction of sp³-hybridized carbons (Fsp3) is 0.364. The summed E-state index contributed by atoms with van der Waals surface area (Å²) in [4.78, 5) is 29.4. The van der Waals surface area contributed by atoms with Gasteiger partial charge in [-0.2, -0.15) is 0 Å². The Morgan fingerprint density at radius 3 is 2.61 bits per heavy atom. The average molecular weight is 380 g/mol.